The van der Waals surface area contributed by atoms with Gasteiger partial charge < -0.3 is 9.80 Å². The van der Waals surface area contributed by atoms with Crippen molar-refractivity contribution in [2.45, 2.75) is 6.92 Å². The summed E-state index contributed by atoms with van der Waals surface area (Å²) < 4.78 is 1.80. The summed E-state index contributed by atoms with van der Waals surface area (Å²) in [7, 11) is 0. The molecule has 1 aliphatic rings. The number of aromatic nitrogens is 6. The summed E-state index contributed by atoms with van der Waals surface area (Å²) in [6.45, 7) is 5.40. The third kappa shape index (κ3) is 3.36. The molecule has 0 saturated carbocycles. The number of rotatable bonds is 3. The van der Waals surface area contributed by atoms with Gasteiger partial charge in [-0.05, 0) is 25.1 Å². The van der Waals surface area contributed by atoms with E-state index in [0.717, 1.165) is 60.2 Å². The standard InChI is InChI=1S/C20H19ClN8/c1-14-9-18(23-12-22-14)27-5-7-28(8-6-27)19-17-11-26-29(20(17)25-13-24-19)16-4-2-3-15(21)10-16/h2-4,9-13H,5-8H2,1H3. The lowest BCUT2D eigenvalue weighted by molar-refractivity contribution is 0.642. The first-order valence-electron chi connectivity index (χ1n) is 9.42. The Morgan fingerprint density at radius 1 is 0.897 bits per heavy atom. The number of benzene rings is 1. The van der Waals surface area contributed by atoms with Crippen LogP contribution >= 0.6 is 11.6 Å². The fourth-order valence-corrected chi connectivity index (χ4v) is 3.83. The Morgan fingerprint density at radius 2 is 1.69 bits per heavy atom. The topological polar surface area (TPSA) is 75.9 Å². The minimum absolute atomic E-state index is 0.663. The van der Waals surface area contributed by atoms with Crippen LogP contribution in [0, 0.1) is 6.92 Å². The summed E-state index contributed by atoms with van der Waals surface area (Å²) in [5.74, 6) is 1.88. The zero-order valence-electron chi connectivity index (χ0n) is 15.9. The van der Waals surface area contributed by atoms with Crippen LogP contribution in [0.15, 0.2) is 49.2 Å². The maximum atomic E-state index is 6.14. The van der Waals surface area contributed by atoms with Crippen molar-refractivity contribution >= 4 is 34.3 Å². The van der Waals surface area contributed by atoms with Gasteiger partial charge in [-0.15, -0.1) is 0 Å². The first-order valence-corrected chi connectivity index (χ1v) is 9.80. The summed E-state index contributed by atoms with van der Waals surface area (Å²) in [5, 5.41) is 6.13. The van der Waals surface area contributed by atoms with Crippen LogP contribution < -0.4 is 9.80 Å². The van der Waals surface area contributed by atoms with Crippen LogP contribution in [0.1, 0.15) is 5.69 Å². The van der Waals surface area contributed by atoms with Crippen LogP contribution in [-0.4, -0.2) is 55.9 Å². The Kier molecular flexibility index (Phi) is 4.48. The lowest BCUT2D eigenvalue weighted by atomic mass is 10.2. The maximum Gasteiger partial charge on any atom is 0.168 e. The molecular weight excluding hydrogens is 388 g/mol. The maximum absolute atomic E-state index is 6.14. The van der Waals surface area contributed by atoms with Crippen LogP contribution in [0.3, 0.4) is 0 Å². The van der Waals surface area contributed by atoms with Crippen LogP contribution in [0.25, 0.3) is 16.7 Å². The molecule has 8 nitrogen and oxygen atoms in total. The number of nitrogens with zero attached hydrogens (tertiary/aromatic N) is 8. The predicted octanol–water partition coefficient (Wildman–Crippen LogP) is 2.89. The van der Waals surface area contributed by atoms with Crippen molar-refractivity contribution in [2.24, 2.45) is 0 Å². The number of aryl methyl sites for hydroxylation is 1. The van der Waals surface area contributed by atoms with E-state index in [1.54, 1.807) is 17.3 Å². The molecule has 0 aliphatic carbocycles. The van der Waals surface area contributed by atoms with E-state index < -0.39 is 0 Å². The van der Waals surface area contributed by atoms with Crippen LogP contribution in [0.4, 0.5) is 11.6 Å². The highest BCUT2D eigenvalue weighted by atomic mass is 35.5. The van der Waals surface area contributed by atoms with E-state index >= 15 is 0 Å². The van der Waals surface area contributed by atoms with Gasteiger partial charge in [0.1, 0.15) is 24.3 Å². The molecule has 29 heavy (non-hydrogen) atoms. The number of halogens is 1. The highest BCUT2D eigenvalue weighted by Gasteiger charge is 2.22. The van der Waals surface area contributed by atoms with Crippen LogP contribution in [-0.2, 0) is 0 Å². The highest BCUT2D eigenvalue weighted by molar-refractivity contribution is 6.30. The number of hydrogen-bond donors (Lipinski definition) is 0. The molecule has 1 fully saturated rings. The van der Waals surface area contributed by atoms with Crippen molar-refractivity contribution in [3.63, 3.8) is 0 Å². The van der Waals surface area contributed by atoms with E-state index in [9.17, 15) is 0 Å². The van der Waals surface area contributed by atoms with Gasteiger partial charge >= 0.3 is 0 Å². The molecule has 0 unspecified atom stereocenters. The lowest BCUT2D eigenvalue weighted by Gasteiger charge is -2.36. The lowest BCUT2D eigenvalue weighted by Crippen LogP contribution is -2.47. The fourth-order valence-electron chi connectivity index (χ4n) is 3.64. The zero-order valence-corrected chi connectivity index (χ0v) is 16.7. The Balaban J connectivity index is 1.42. The van der Waals surface area contributed by atoms with E-state index in [1.165, 1.54) is 0 Å². The van der Waals surface area contributed by atoms with Crippen molar-refractivity contribution in [2.75, 3.05) is 36.0 Å². The van der Waals surface area contributed by atoms with Gasteiger partial charge in [-0.3, -0.25) is 0 Å². The van der Waals surface area contributed by atoms with Gasteiger partial charge in [-0.25, -0.2) is 24.6 Å². The second-order valence-corrected chi connectivity index (χ2v) is 7.40. The Labute approximate surface area is 172 Å². The molecule has 4 heterocycles. The van der Waals surface area contributed by atoms with Crippen molar-refractivity contribution < 1.29 is 0 Å². The second-order valence-electron chi connectivity index (χ2n) is 6.96. The van der Waals surface area contributed by atoms with Crippen molar-refractivity contribution in [1.82, 2.24) is 29.7 Å². The van der Waals surface area contributed by atoms with E-state index in [1.807, 2.05) is 43.5 Å². The van der Waals surface area contributed by atoms with Crippen molar-refractivity contribution in [1.29, 1.82) is 0 Å². The first kappa shape index (κ1) is 17.8. The SMILES string of the molecule is Cc1cc(N2CCN(c3ncnc4c3cnn4-c3cccc(Cl)c3)CC2)ncn1. The van der Waals surface area contributed by atoms with Gasteiger partial charge in [0.25, 0.3) is 0 Å². The summed E-state index contributed by atoms with van der Waals surface area (Å²) >= 11 is 6.14. The summed E-state index contributed by atoms with van der Waals surface area (Å²) in [5.41, 5.74) is 2.62. The summed E-state index contributed by atoms with van der Waals surface area (Å²) in [6, 6.07) is 9.60. The molecule has 4 aromatic rings. The molecular formula is C20H19ClN8. The number of hydrogen-bond acceptors (Lipinski definition) is 7. The first-order chi connectivity index (χ1) is 14.2. The molecule has 0 spiro atoms. The Hall–Kier alpha value is -3.26. The van der Waals surface area contributed by atoms with Gasteiger partial charge in [0.2, 0.25) is 0 Å². The smallest absolute Gasteiger partial charge is 0.168 e. The van der Waals surface area contributed by atoms with E-state index in [4.69, 9.17) is 11.6 Å². The number of piperazine rings is 1. The summed E-state index contributed by atoms with van der Waals surface area (Å²) in [4.78, 5) is 22.2. The fraction of sp³-hybridized carbons (Fsp3) is 0.250. The molecule has 0 amide bonds. The highest BCUT2D eigenvalue weighted by Crippen LogP contribution is 2.27. The molecule has 1 saturated heterocycles. The normalized spacial score (nSPS) is 14.6. The average molecular weight is 407 g/mol. The molecule has 0 atom stereocenters. The number of fused-ring (bicyclic) bond motifs is 1. The van der Waals surface area contributed by atoms with E-state index in [2.05, 4.69) is 34.8 Å². The van der Waals surface area contributed by atoms with Gasteiger partial charge in [-0.1, -0.05) is 17.7 Å². The van der Waals surface area contributed by atoms with Crippen molar-refractivity contribution in [3.8, 4) is 5.69 Å². The largest absolute Gasteiger partial charge is 0.353 e. The summed E-state index contributed by atoms with van der Waals surface area (Å²) in [6.07, 6.45) is 5.04. The van der Waals surface area contributed by atoms with Gasteiger partial charge in [-0.2, -0.15) is 5.10 Å². The minimum atomic E-state index is 0.663. The van der Waals surface area contributed by atoms with E-state index in [0.29, 0.717) is 5.02 Å². The van der Waals surface area contributed by atoms with E-state index in [-0.39, 0.29) is 0 Å². The van der Waals surface area contributed by atoms with Crippen LogP contribution in [0.2, 0.25) is 5.02 Å². The molecule has 0 N–H and O–H groups in total. The molecule has 9 heteroatoms. The monoisotopic (exact) mass is 406 g/mol. The van der Waals surface area contributed by atoms with Gasteiger partial charge in [0, 0.05) is 43.0 Å². The molecule has 0 bridgehead atoms. The van der Waals surface area contributed by atoms with Crippen LogP contribution in [0.5, 0.6) is 0 Å². The van der Waals surface area contributed by atoms with Crippen molar-refractivity contribution in [3.05, 3.63) is 59.9 Å². The number of anilines is 2. The molecule has 0 radical (unpaired) electrons. The molecule has 5 rings (SSSR count). The molecule has 3 aromatic heterocycles. The predicted molar refractivity (Wildman–Crippen MR) is 113 cm³/mol. The Morgan fingerprint density at radius 3 is 2.48 bits per heavy atom. The third-order valence-electron chi connectivity index (χ3n) is 5.09. The van der Waals surface area contributed by atoms with Gasteiger partial charge in [0.15, 0.2) is 5.65 Å². The second kappa shape index (κ2) is 7.29. The molecule has 1 aromatic carbocycles. The third-order valence-corrected chi connectivity index (χ3v) is 5.33. The average Bonchev–Trinajstić information content (AvgIpc) is 3.18. The quantitative estimate of drug-likeness (QED) is 0.517. The zero-order chi connectivity index (χ0) is 19.8. The minimum Gasteiger partial charge on any atom is -0.353 e. The Bertz CT molecular complexity index is 1170. The molecule has 146 valence electrons. The molecule has 1 aliphatic heterocycles. The van der Waals surface area contributed by atoms with Gasteiger partial charge in [0.05, 0.1) is 17.3 Å².